The predicted molar refractivity (Wildman–Crippen MR) is 101 cm³/mol. The number of anilines is 1. The van der Waals surface area contributed by atoms with Crippen LogP contribution in [-0.4, -0.2) is 44.3 Å². The maximum atomic E-state index is 13.0. The van der Waals surface area contributed by atoms with Gasteiger partial charge in [0.2, 0.25) is 10.0 Å². The van der Waals surface area contributed by atoms with Crippen molar-refractivity contribution in [2.45, 2.75) is 44.4 Å². The van der Waals surface area contributed by atoms with E-state index in [-0.39, 0.29) is 22.5 Å². The molecular formula is C19H26N2O5S. The van der Waals surface area contributed by atoms with E-state index in [2.05, 4.69) is 5.32 Å². The van der Waals surface area contributed by atoms with E-state index < -0.39 is 22.5 Å². The molecule has 3 rings (SSSR count). The van der Waals surface area contributed by atoms with Crippen LogP contribution in [0, 0.1) is 18.8 Å². The molecule has 1 N–H and O–H groups in total. The van der Waals surface area contributed by atoms with Gasteiger partial charge in [-0.25, -0.2) is 8.42 Å². The predicted octanol–water partition coefficient (Wildman–Crippen LogP) is 2.31. The summed E-state index contributed by atoms with van der Waals surface area (Å²) in [6, 6.07) is 4.88. The van der Waals surface area contributed by atoms with Gasteiger partial charge in [0.1, 0.15) is 4.90 Å². The van der Waals surface area contributed by atoms with Crippen molar-refractivity contribution < 1.29 is 22.7 Å². The molecule has 2 aliphatic rings. The molecule has 1 aromatic carbocycles. The molecule has 1 aromatic rings. The van der Waals surface area contributed by atoms with Crippen molar-refractivity contribution in [2.75, 3.05) is 25.0 Å². The highest BCUT2D eigenvalue weighted by Gasteiger charge is 2.40. The lowest BCUT2D eigenvalue weighted by Crippen LogP contribution is -2.36. The first-order valence-electron chi connectivity index (χ1n) is 9.36. The Morgan fingerprint density at radius 2 is 1.89 bits per heavy atom. The summed E-state index contributed by atoms with van der Waals surface area (Å²) in [7, 11) is -3.69. The number of hydrogen-bond donors (Lipinski definition) is 1. The van der Waals surface area contributed by atoms with E-state index in [1.54, 1.807) is 25.1 Å². The molecule has 1 amide bonds. The molecule has 27 heavy (non-hydrogen) atoms. The van der Waals surface area contributed by atoms with E-state index in [9.17, 15) is 18.0 Å². The average molecular weight is 394 g/mol. The van der Waals surface area contributed by atoms with Gasteiger partial charge < -0.3 is 10.1 Å². The first-order chi connectivity index (χ1) is 12.8. The fraction of sp³-hybridized carbons (Fsp3) is 0.579. The van der Waals surface area contributed by atoms with E-state index in [1.165, 1.54) is 4.31 Å². The van der Waals surface area contributed by atoms with Crippen molar-refractivity contribution in [3.63, 3.8) is 0 Å². The normalized spacial score (nSPS) is 22.9. The van der Waals surface area contributed by atoms with Crippen molar-refractivity contribution in [3.8, 4) is 0 Å². The Labute approximate surface area is 160 Å². The molecule has 1 saturated heterocycles. The number of carbonyl (C=O) groups is 2. The number of aryl methyl sites for hydroxylation is 1. The second-order valence-electron chi connectivity index (χ2n) is 7.44. The minimum Gasteiger partial charge on any atom is -0.455 e. The van der Waals surface area contributed by atoms with Crippen LogP contribution in [0.3, 0.4) is 0 Å². The molecule has 7 nitrogen and oxygen atoms in total. The zero-order valence-corrected chi connectivity index (χ0v) is 16.5. The fourth-order valence-electron chi connectivity index (χ4n) is 3.27. The number of amides is 1. The summed E-state index contributed by atoms with van der Waals surface area (Å²) in [5, 5.41) is 2.59. The first-order valence-corrected chi connectivity index (χ1v) is 10.8. The molecule has 2 fully saturated rings. The lowest BCUT2D eigenvalue weighted by atomic mass is 10.2. The van der Waals surface area contributed by atoms with Gasteiger partial charge >= 0.3 is 5.97 Å². The highest BCUT2D eigenvalue weighted by atomic mass is 32.2. The molecule has 1 heterocycles. The molecule has 8 heteroatoms. The molecule has 0 unspecified atom stereocenters. The minimum atomic E-state index is -3.69. The lowest BCUT2D eigenvalue weighted by Gasteiger charge is -2.27. The van der Waals surface area contributed by atoms with Gasteiger partial charge in [-0.15, -0.1) is 0 Å². The van der Waals surface area contributed by atoms with E-state index >= 15 is 0 Å². The molecular weight excluding hydrogens is 368 g/mol. The number of hydrogen-bond acceptors (Lipinski definition) is 5. The Morgan fingerprint density at radius 1 is 1.22 bits per heavy atom. The number of nitrogens with one attached hydrogen (secondary N) is 1. The van der Waals surface area contributed by atoms with Gasteiger partial charge in [0.05, 0.1) is 11.6 Å². The average Bonchev–Trinajstić information content (AvgIpc) is 3.38. The van der Waals surface area contributed by atoms with E-state index in [0.717, 1.165) is 31.2 Å². The van der Waals surface area contributed by atoms with E-state index in [1.807, 2.05) is 6.92 Å². The molecule has 1 saturated carbocycles. The maximum Gasteiger partial charge on any atom is 0.309 e. The Bertz CT molecular complexity index is 831. The van der Waals surface area contributed by atoms with Gasteiger partial charge in [-0.3, -0.25) is 9.59 Å². The van der Waals surface area contributed by atoms with Gasteiger partial charge in [0, 0.05) is 13.1 Å². The monoisotopic (exact) mass is 394 g/mol. The smallest absolute Gasteiger partial charge is 0.309 e. The molecule has 148 valence electrons. The van der Waals surface area contributed by atoms with Crippen LogP contribution < -0.4 is 5.32 Å². The quantitative estimate of drug-likeness (QED) is 0.748. The topological polar surface area (TPSA) is 92.8 Å². The first kappa shape index (κ1) is 19.8. The Balaban J connectivity index is 1.71. The highest BCUT2D eigenvalue weighted by Crippen LogP contribution is 2.38. The van der Waals surface area contributed by atoms with Crippen LogP contribution in [0.15, 0.2) is 23.1 Å². The van der Waals surface area contributed by atoms with Crippen LogP contribution in [0.25, 0.3) is 0 Å². The Hall–Kier alpha value is -1.93. The number of ether oxygens (including phenoxy) is 1. The van der Waals surface area contributed by atoms with Crippen molar-refractivity contribution in [1.82, 2.24) is 4.31 Å². The molecule has 0 spiro atoms. The molecule has 0 aromatic heterocycles. The SMILES string of the molecule is Cc1ccc(NC(=O)COC(=O)[C@H]2C[C@H]2C)c(S(=O)(=O)N2CCCCC2)c1. The largest absolute Gasteiger partial charge is 0.455 e. The summed E-state index contributed by atoms with van der Waals surface area (Å²) in [5.74, 6) is -0.732. The van der Waals surface area contributed by atoms with E-state index in [0.29, 0.717) is 19.0 Å². The number of sulfonamides is 1. The fourth-order valence-corrected chi connectivity index (χ4v) is 5.02. The highest BCUT2D eigenvalue weighted by molar-refractivity contribution is 7.89. The third-order valence-corrected chi connectivity index (χ3v) is 7.04. The van der Waals surface area contributed by atoms with E-state index in [4.69, 9.17) is 4.74 Å². The maximum absolute atomic E-state index is 13.0. The third-order valence-electron chi connectivity index (χ3n) is 5.10. The zero-order chi connectivity index (χ0) is 19.6. The van der Waals surface area contributed by atoms with Crippen LogP contribution in [0.2, 0.25) is 0 Å². The van der Waals surface area contributed by atoms with Crippen LogP contribution in [0.1, 0.15) is 38.2 Å². The summed E-state index contributed by atoms with van der Waals surface area (Å²) in [6.45, 7) is 4.32. The Morgan fingerprint density at radius 3 is 2.52 bits per heavy atom. The summed E-state index contributed by atoms with van der Waals surface area (Å²) in [4.78, 5) is 24.0. The molecule has 1 aliphatic carbocycles. The molecule has 0 bridgehead atoms. The molecule has 1 aliphatic heterocycles. The van der Waals surface area contributed by atoms with Crippen LogP contribution in [0.5, 0.6) is 0 Å². The van der Waals surface area contributed by atoms with Gasteiger partial charge in [-0.05, 0) is 49.8 Å². The Kier molecular flexibility index (Phi) is 5.86. The summed E-state index contributed by atoms with van der Waals surface area (Å²) in [5.41, 5.74) is 1.00. The van der Waals surface area contributed by atoms with Crippen molar-refractivity contribution in [2.24, 2.45) is 11.8 Å². The van der Waals surface area contributed by atoms with Gasteiger partial charge in [0.25, 0.3) is 5.91 Å². The van der Waals surface area contributed by atoms with Gasteiger partial charge in [0.15, 0.2) is 6.61 Å². The summed E-state index contributed by atoms with van der Waals surface area (Å²) < 4.78 is 32.6. The van der Waals surface area contributed by atoms with Crippen molar-refractivity contribution in [3.05, 3.63) is 23.8 Å². The second-order valence-corrected chi connectivity index (χ2v) is 9.35. The standard InChI is InChI=1S/C19H26N2O5S/c1-13-6-7-16(20-18(22)12-26-19(23)15-11-14(15)2)17(10-13)27(24,25)21-8-4-3-5-9-21/h6-7,10,14-15H,3-5,8-9,11-12H2,1-2H3,(H,20,22)/t14-,15+/m1/s1. The molecule has 2 atom stereocenters. The number of benzene rings is 1. The number of esters is 1. The van der Waals surface area contributed by atoms with Gasteiger partial charge in [-0.2, -0.15) is 4.31 Å². The summed E-state index contributed by atoms with van der Waals surface area (Å²) >= 11 is 0. The number of nitrogens with zero attached hydrogens (tertiary/aromatic N) is 1. The van der Waals surface area contributed by atoms with Gasteiger partial charge in [-0.1, -0.05) is 19.4 Å². The number of carbonyl (C=O) groups excluding carboxylic acids is 2. The zero-order valence-electron chi connectivity index (χ0n) is 15.7. The number of rotatable bonds is 6. The second kappa shape index (κ2) is 7.98. The lowest BCUT2D eigenvalue weighted by molar-refractivity contribution is -0.148. The van der Waals surface area contributed by atoms with Crippen LogP contribution in [-0.2, 0) is 24.3 Å². The third kappa shape index (κ3) is 4.68. The number of piperidine rings is 1. The summed E-state index contributed by atoms with van der Waals surface area (Å²) in [6.07, 6.45) is 3.48. The van der Waals surface area contributed by atoms with Crippen LogP contribution in [0.4, 0.5) is 5.69 Å². The van der Waals surface area contributed by atoms with Crippen molar-refractivity contribution >= 4 is 27.6 Å². The molecule has 0 radical (unpaired) electrons. The van der Waals surface area contributed by atoms with Crippen LogP contribution >= 0.6 is 0 Å². The minimum absolute atomic E-state index is 0.0832. The van der Waals surface area contributed by atoms with Crippen molar-refractivity contribution in [1.29, 1.82) is 0 Å².